The lowest BCUT2D eigenvalue weighted by atomic mass is 9.74. The first-order valence-electron chi connectivity index (χ1n) is 20.7. The number of hydrogen-bond donors (Lipinski definition) is 4. The molecule has 7 rings (SSSR count). The molecule has 4 aliphatic rings. The van der Waals surface area contributed by atoms with Gasteiger partial charge in [0.25, 0.3) is 0 Å². The first-order chi connectivity index (χ1) is 27.6. The molecule has 2 aromatic heterocycles. The van der Waals surface area contributed by atoms with Crippen LogP contribution < -0.4 is 30.4 Å². The topological polar surface area (TPSA) is 153 Å². The minimum absolute atomic E-state index is 0.121. The Bertz CT molecular complexity index is 1980. The van der Waals surface area contributed by atoms with E-state index in [9.17, 15) is 4.79 Å². The van der Waals surface area contributed by atoms with E-state index in [2.05, 4.69) is 48.1 Å². The van der Waals surface area contributed by atoms with Gasteiger partial charge in [-0.05, 0) is 76.0 Å². The van der Waals surface area contributed by atoms with E-state index in [1.807, 2.05) is 48.7 Å². The summed E-state index contributed by atoms with van der Waals surface area (Å²) in [6.45, 7) is 10.6. The Morgan fingerprint density at radius 3 is 2.67 bits per heavy atom. The maximum atomic E-state index is 13.5. The molecule has 4 heterocycles. The summed E-state index contributed by atoms with van der Waals surface area (Å²) in [4.78, 5) is 15.6. The predicted molar refractivity (Wildman–Crippen MR) is 220 cm³/mol. The molecule has 2 saturated heterocycles. The number of nitrogens with one attached hydrogen (secondary N) is 3. The van der Waals surface area contributed by atoms with Gasteiger partial charge in [-0.1, -0.05) is 44.3 Å². The van der Waals surface area contributed by atoms with Crippen molar-refractivity contribution in [2.24, 2.45) is 11.8 Å². The second-order valence-corrected chi connectivity index (χ2v) is 16.5. The van der Waals surface area contributed by atoms with E-state index in [4.69, 9.17) is 35.2 Å². The van der Waals surface area contributed by atoms with Crippen molar-refractivity contribution in [3.05, 3.63) is 65.5 Å². The summed E-state index contributed by atoms with van der Waals surface area (Å²) in [5, 5.41) is 19.9. The number of nitrogen functional groups attached to an aromatic ring is 1. The highest BCUT2D eigenvalue weighted by molar-refractivity contribution is 5.88. The van der Waals surface area contributed by atoms with Crippen molar-refractivity contribution in [2.75, 3.05) is 57.1 Å². The number of rotatable bonds is 12. The molecule has 13 nitrogen and oxygen atoms in total. The number of aromatic nitrogens is 3. The third-order valence-corrected chi connectivity index (χ3v) is 11.2. The standard InChI is InChI=1S/C44H58N8O5/c1-44(2,3)38-27-40(52(49-38)33-12-11-13-34(26-33)54-24-25-56-41-16-7-10-23-55-41)48-43(53)47-28-31-17-18-32(37-15-6-5-14-36(31)37)30-57-35-19-20-39(45)51(29-35)42(46)50-21-8-4-9-22-50/h11-13,19-20,26-27,29,31-32,41,45-46H,4,6-10,15-18,21-25,28,30H2,1-3H3,(H2,47,48,49,53)/p+1. The van der Waals surface area contributed by atoms with E-state index in [1.54, 1.807) is 9.25 Å². The molecule has 2 fully saturated rings. The van der Waals surface area contributed by atoms with Crippen molar-refractivity contribution in [2.45, 2.75) is 96.7 Å². The lowest BCUT2D eigenvalue weighted by Crippen LogP contribution is -2.55. The number of hydrogen-bond acceptors (Lipinski definition) is 8. The second kappa shape index (κ2) is 18.5. The van der Waals surface area contributed by atoms with E-state index in [-0.39, 0.29) is 29.6 Å². The van der Waals surface area contributed by atoms with Crippen LogP contribution in [-0.4, -0.2) is 79.0 Å². The van der Waals surface area contributed by atoms with E-state index in [0.29, 0.717) is 55.5 Å². The molecule has 5 N–H and O–H groups in total. The van der Waals surface area contributed by atoms with Gasteiger partial charge in [0.1, 0.15) is 30.1 Å². The van der Waals surface area contributed by atoms with Gasteiger partial charge >= 0.3 is 12.0 Å². The number of likely N-dealkylation sites (tertiary alicyclic amines) is 1. The van der Waals surface area contributed by atoms with Gasteiger partial charge in [0.15, 0.2) is 12.1 Å². The average molecular weight is 780 g/mol. The fraction of sp³-hybridized carbons (Fsp3) is 0.545. The van der Waals surface area contributed by atoms with Gasteiger partial charge in [-0.2, -0.15) is 15.1 Å². The van der Waals surface area contributed by atoms with E-state index >= 15 is 0 Å². The highest BCUT2D eigenvalue weighted by Gasteiger charge is 2.31. The molecule has 2 aliphatic heterocycles. The Morgan fingerprint density at radius 1 is 1.02 bits per heavy atom. The zero-order valence-corrected chi connectivity index (χ0v) is 33.8. The number of urea groups is 1. The molecule has 3 aromatic rings. The molecule has 0 saturated carbocycles. The molecule has 0 spiro atoms. The molecule has 13 heteroatoms. The quantitative estimate of drug-likeness (QED) is 0.0531. The fourth-order valence-electron chi connectivity index (χ4n) is 7.98. The van der Waals surface area contributed by atoms with Crippen molar-refractivity contribution >= 4 is 23.6 Å². The van der Waals surface area contributed by atoms with Gasteiger partial charge in [0.05, 0.1) is 37.7 Å². The molecule has 2 aliphatic carbocycles. The largest absolute Gasteiger partial charge is 0.491 e. The average Bonchev–Trinajstić information content (AvgIpc) is 3.66. The van der Waals surface area contributed by atoms with Crippen LogP contribution >= 0.6 is 0 Å². The van der Waals surface area contributed by atoms with Crippen LogP contribution in [0.1, 0.15) is 90.7 Å². The van der Waals surface area contributed by atoms with Crippen LogP contribution in [0, 0.1) is 29.1 Å². The lowest BCUT2D eigenvalue weighted by molar-refractivity contribution is -0.551. The third kappa shape index (κ3) is 10.3. The van der Waals surface area contributed by atoms with Gasteiger partial charge in [-0.15, -0.1) is 0 Å². The summed E-state index contributed by atoms with van der Waals surface area (Å²) in [6, 6.07) is 13.0. The number of nitrogens with zero attached hydrogens (tertiary/aromatic N) is 4. The normalized spacial score (nSPS) is 20.9. The summed E-state index contributed by atoms with van der Waals surface area (Å²) in [5.41, 5.74) is 10.2. The van der Waals surface area contributed by atoms with Crippen molar-refractivity contribution in [3.63, 3.8) is 0 Å². The number of piperidine rings is 1. The number of ether oxygens (including phenoxy) is 4. The van der Waals surface area contributed by atoms with Gasteiger partial charge in [0, 0.05) is 60.6 Å². The smallest absolute Gasteiger partial charge is 0.346 e. The number of nitrogens with two attached hydrogens (primary N) is 1. The highest BCUT2D eigenvalue weighted by atomic mass is 16.7. The van der Waals surface area contributed by atoms with Gasteiger partial charge in [-0.25, -0.2) is 9.48 Å². The molecule has 304 valence electrons. The number of carbonyl (C=O) groups excluding carboxylic acids is 1. The monoisotopic (exact) mass is 779 g/mol. The van der Waals surface area contributed by atoms with Crippen molar-refractivity contribution < 1.29 is 28.3 Å². The number of carbonyl (C=O) groups is 1. The molecule has 3 unspecified atom stereocenters. The maximum Gasteiger partial charge on any atom is 0.346 e. The Labute approximate surface area is 336 Å². The van der Waals surface area contributed by atoms with Crippen molar-refractivity contribution in [1.82, 2.24) is 20.0 Å². The summed E-state index contributed by atoms with van der Waals surface area (Å²) in [7, 11) is 0. The molecular formula is C44H59N8O5+. The minimum Gasteiger partial charge on any atom is -0.491 e. The number of anilines is 2. The summed E-state index contributed by atoms with van der Waals surface area (Å²) in [6.07, 6.45) is 11.7. The first kappa shape index (κ1) is 40.1. The van der Waals surface area contributed by atoms with Crippen LogP contribution in [0.15, 0.2) is 59.8 Å². The van der Waals surface area contributed by atoms with Gasteiger partial charge < -0.3 is 30.0 Å². The maximum absolute atomic E-state index is 13.5. The minimum atomic E-state index is -0.297. The van der Waals surface area contributed by atoms with Crippen LogP contribution in [0.2, 0.25) is 0 Å². The van der Waals surface area contributed by atoms with E-state index in [1.165, 1.54) is 12.0 Å². The molecule has 0 bridgehead atoms. The third-order valence-electron chi connectivity index (χ3n) is 11.2. The van der Waals surface area contributed by atoms with Gasteiger partial charge in [0.2, 0.25) is 0 Å². The van der Waals surface area contributed by atoms with Gasteiger partial charge in [-0.3, -0.25) is 10.2 Å². The Morgan fingerprint density at radius 2 is 1.86 bits per heavy atom. The molecule has 2 amide bonds. The number of amides is 2. The molecule has 0 radical (unpaired) electrons. The lowest BCUT2D eigenvalue weighted by Gasteiger charge is -2.33. The zero-order valence-electron chi connectivity index (χ0n) is 33.8. The van der Waals surface area contributed by atoms with Crippen LogP contribution in [0.4, 0.5) is 16.4 Å². The molecular weight excluding hydrogens is 721 g/mol. The van der Waals surface area contributed by atoms with Crippen LogP contribution in [-0.2, 0) is 14.9 Å². The zero-order chi connectivity index (χ0) is 39.8. The summed E-state index contributed by atoms with van der Waals surface area (Å²) in [5.74, 6) is 9.97. The number of pyridine rings is 1. The Hall–Kier alpha value is -5.06. The summed E-state index contributed by atoms with van der Waals surface area (Å²) < 4.78 is 27.4. The highest BCUT2D eigenvalue weighted by Crippen LogP contribution is 2.38. The van der Waals surface area contributed by atoms with E-state index < -0.39 is 0 Å². The molecule has 57 heavy (non-hydrogen) atoms. The van der Waals surface area contributed by atoms with Crippen LogP contribution in [0.25, 0.3) is 5.69 Å². The number of benzene rings is 1. The molecule has 1 aromatic carbocycles. The SMILES string of the molecule is CC(C)(C)c1cc(NC(=O)NCC2CCC(COc3ccc(N)[n+](C(=N)N4CCCCC4)c3)C3=C2C#CCC3)n(-c2cccc(OCCOC3CCCCO3)c2)n1. The summed E-state index contributed by atoms with van der Waals surface area (Å²) >= 11 is 0. The van der Waals surface area contributed by atoms with Crippen LogP contribution in [0.5, 0.6) is 11.5 Å². The second-order valence-electron chi connectivity index (χ2n) is 16.5. The van der Waals surface area contributed by atoms with Crippen LogP contribution in [0.3, 0.4) is 0 Å². The molecule has 3 atom stereocenters. The van der Waals surface area contributed by atoms with Crippen molar-refractivity contribution in [1.29, 1.82) is 5.41 Å². The first-order valence-corrected chi connectivity index (χ1v) is 20.7. The Kier molecular flexibility index (Phi) is 13.0. The van der Waals surface area contributed by atoms with Crippen molar-refractivity contribution in [3.8, 4) is 29.0 Å². The van der Waals surface area contributed by atoms with E-state index in [0.717, 1.165) is 94.4 Å². The fourth-order valence-corrected chi connectivity index (χ4v) is 7.98. The predicted octanol–water partition coefficient (Wildman–Crippen LogP) is 6.55. The Balaban J connectivity index is 0.966.